The first-order chi connectivity index (χ1) is 8.42. The molecule has 0 bridgehead atoms. The largest absolute Gasteiger partial charge is 0.486 e. The van der Waals surface area contributed by atoms with Gasteiger partial charge >= 0.3 is 0 Å². The lowest BCUT2D eigenvalue weighted by atomic mass is 10.2. The lowest BCUT2D eigenvalue weighted by Crippen LogP contribution is -2.15. The molecule has 5 heteroatoms. The molecule has 0 amide bonds. The van der Waals surface area contributed by atoms with Gasteiger partial charge in [-0.2, -0.15) is 4.37 Å². The van der Waals surface area contributed by atoms with Crippen molar-refractivity contribution in [1.29, 1.82) is 0 Å². The summed E-state index contributed by atoms with van der Waals surface area (Å²) in [5, 5.41) is 5.20. The Labute approximate surface area is 103 Å². The van der Waals surface area contributed by atoms with Gasteiger partial charge < -0.3 is 14.8 Å². The van der Waals surface area contributed by atoms with Gasteiger partial charge in [0.2, 0.25) is 0 Å². The van der Waals surface area contributed by atoms with E-state index in [1.807, 2.05) is 29.6 Å². The zero-order chi connectivity index (χ0) is 11.5. The molecule has 0 radical (unpaired) electrons. The molecule has 0 atom stereocenters. The average Bonchev–Trinajstić information content (AvgIpc) is 2.89. The van der Waals surface area contributed by atoms with Gasteiger partial charge in [-0.3, -0.25) is 0 Å². The van der Waals surface area contributed by atoms with Gasteiger partial charge in [0.25, 0.3) is 0 Å². The van der Waals surface area contributed by atoms with Crippen molar-refractivity contribution in [2.45, 2.75) is 6.54 Å². The van der Waals surface area contributed by atoms with Crippen molar-refractivity contribution < 1.29 is 9.47 Å². The first-order valence-corrected chi connectivity index (χ1v) is 6.28. The molecule has 0 fully saturated rings. The lowest BCUT2D eigenvalue weighted by Gasteiger charge is -2.18. The predicted octanol–water partition coefficient (Wildman–Crippen LogP) is 2.53. The molecule has 88 valence electrons. The van der Waals surface area contributed by atoms with Gasteiger partial charge in [-0.25, -0.2) is 0 Å². The standard InChI is InChI=1S/C12H12N2O2S/c1-2-10-11(16-5-4-15-10)7-9(1)8-13-12-3-6-17-14-12/h1-3,6-7H,4-5,8H2,(H,13,14). The van der Waals surface area contributed by atoms with Gasteiger partial charge in [0.05, 0.1) is 0 Å². The van der Waals surface area contributed by atoms with Crippen LogP contribution in [0.3, 0.4) is 0 Å². The molecule has 0 saturated heterocycles. The van der Waals surface area contributed by atoms with Crippen LogP contribution in [0.2, 0.25) is 0 Å². The van der Waals surface area contributed by atoms with Crippen LogP contribution in [0.5, 0.6) is 11.5 Å². The van der Waals surface area contributed by atoms with Crippen molar-refractivity contribution in [2.24, 2.45) is 0 Å². The van der Waals surface area contributed by atoms with E-state index in [-0.39, 0.29) is 0 Å². The van der Waals surface area contributed by atoms with E-state index in [9.17, 15) is 0 Å². The van der Waals surface area contributed by atoms with Gasteiger partial charge in [0.1, 0.15) is 19.0 Å². The molecular weight excluding hydrogens is 236 g/mol. The highest BCUT2D eigenvalue weighted by Crippen LogP contribution is 2.30. The molecule has 2 aromatic rings. The molecule has 0 unspecified atom stereocenters. The summed E-state index contributed by atoms with van der Waals surface area (Å²) < 4.78 is 15.2. The van der Waals surface area contributed by atoms with E-state index < -0.39 is 0 Å². The highest BCUT2D eigenvalue weighted by atomic mass is 32.1. The smallest absolute Gasteiger partial charge is 0.161 e. The van der Waals surface area contributed by atoms with Crippen LogP contribution in [-0.4, -0.2) is 17.6 Å². The summed E-state index contributed by atoms with van der Waals surface area (Å²) in [7, 11) is 0. The number of anilines is 1. The summed E-state index contributed by atoms with van der Waals surface area (Å²) in [5.41, 5.74) is 1.15. The Morgan fingerprint density at radius 3 is 2.88 bits per heavy atom. The number of aromatic nitrogens is 1. The van der Waals surface area contributed by atoms with Crippen LogP contribution < -0.4 is 14.8 Å². The van der Waals surface area contributed by atoms with Crippen LogP contribution in [0.25, 0.3) is 0 Å². The number of nitrogens with one attached hydrogen (secondary N) is 1. The van der Waals surface area contributed by atoms with Crippen molar-refractivity contribution in [2.75, 3.05) is 18.5 Å². The van der Waals surface area contributed by atoms with Crippen LogP contribution >= 0.6 is 11.5 Å². The van der Waals surface area contributed by atoms with E-state index >= 15 is 0 Å². The highest BCUT2D eigenvalue weighted by Gasteiger charge is 2.11. The quantitative estimate of drug-likeness (QED) is 0.906. The van der Waals surface area contributed by atoms with E-state index in [0.717, 1.165) is 29.4 Å². The second-order valence-corrected chi connectivity index (χ2v) is 4.38. The van der Waals surface area contributed by atoms with Gasteiger partial charge in [-0.1, -0.05) is 6.07 Å². The minimum absolute atomic E-state index is 0.621. The molecule has 1 aromatic heterocycles. The van der Waals surface area contributed by atoms with Gasteiger partial charge in [0.15, 0.2) is 11.5 Å². The number of rotatable bonds is 3. The number of benzene rings is 1. The number of hydrogen-bond acceptors (Lipinski definition) is 5. The number of fused-ring (bicyclic) bond motifs is 1. The molecule has 1 aromatic carbocycles. The maximum atomic E-state index is 5.53. The fraction of sp³-hybridized carbons (Fsp3) is 0.250. The lowest BCUT2D eigenvalue weighted by molar-refractivity contribution is 0.171. The minimum Gasteiger partial charge on any atom is -0.486 e. The normalized spacial score (nSPS) is 13.4. The molecule has 1 aliphatic rings. The van der Waals surface area contributed by atoms with Crippen molar-refractivity contribution in [3.8, 4) is 11.5 Å². The van der Waals surface area contributed by atoms with Crippen LogP contribution in [-0.2, 0) is 6.54 Å². The molecule has 0 spiro atoms. The van der Waals surface area contributed by atoms with Crippen molar-refractivity contribution in [3.63, 3.8) is 0 Å². The molecule has 1 N–H and O–H groups in total. The molecule has 0 aliphatic carbocycles. The van der Waals surface area contributed by atoms with Crippen molar-refractivity contribution in [1.82, 2.24) is 4.37 Å². The van der Waals surface area contributed by atoms with E-state index in [1.165, 1.54) is 11.5 Å². The third kappa shape index (κ3) is 2.34. The maximum Gasteiger partial charge on any atom is 0.161 e. The van der Waals surface area contributed by atoms with Crippen LogP contribution in [0.1, 0.15) is 5.56 Å². The van der Waals surface area contributed by atoms with E-state index in [0.29, 0.717) is 13.2 Å². The van der Waals surface area contributed by atoms with Crippen LogP contribution in [0.15, 0.2) is 29.6 Å². The molecule has 0 saturated carbocycles. The first kappa shape index (κ1) is 10.4. The monoisotopic (exact) mass is 248 g/mol. The van der Waals surface area contributed by atoms with E-state index in [1.54, 1.807) is 0 Å². The van der Waals surface area contributed by atoms with Crippen LogP contribution in [0, 0.1) is 0 Å². The summed E-state index contributed by atoms with van der Waals surface area (Å²) in [4.78, 5) is 0. The first-order valence-electron chi connectivity index (χ1n) is 5.44. The molecule has 17 heavy (non-hydrogen) atoms. The Morgan fingerprint density at radius 1 is 1.18 bits per heavy atom. The fourth-order valence-corrected chi connectivity index (χ4v) is 2.18. The second-order valence-electron chi connectivity index (χ2n) is 3.72. The van der Waals surface area contributed by atoms with Gasteiger partial charge in [0, 0.05) is 11.9 Å². The molecule has 4 nitrogen and oxygen atoms in total. The molecular formula is C12H12N2O2S. The summed E-state index contributed by atoms with van der Waals surface area (Å²) in [6, 6.07) is 7.95. The number of ether oxygens (including phenoxy) is 2. The third-order valence-corrected chi connectivity index (χ3v) is 3.08. The maximum absolute atomic E-state index is 5.53. The Hall–Kier alpha value is -1.75. The molecule has 2 heterocycles. The zero-order valence-electron chi connectivity index (χ0n) is 9.18. The minimum atomic E-state index is 0.621. The van der Waals surface area contributed by atoms with Gasteiger partial charge in [-0.05, 0) is 35.3 Å². The van der Waals surface area contributed by atoms with Gasteiger partial charge in [-0.15, -0.1) is 0 Å². The van der Waals surface area contributed by atoms with E-state index in [2.05, 4.69) is 9.69 Å². The zero-order valence-corrected chi connectivity index (χ0v) is 10.00. The van der Waals surface area contributed by atoms with Crippen LogP contribution in [0.4, 0.5) is 5.82 Å². The van der Waals surface area contributed by atoms with E-state index in [4.69, 9.17) is 9.47 Å². The summed E-state index contributed by atoms with van der Waals surface area (Å²) in [6.07, 6.45) is 0. The Balaban J connectivity index is 1.71. The Kier molecular flexibility index (Phi) is 2.83. The average molecular weight is 248 g/mol. The number of hydrogen-bond donors (Lipinski definition) is 1. The van der Waals surface area contributed by atoms with Crippen molar-refractivity contribution >= 4 is 17.4 Å². The second kappa shape index (κ2) is 4.63. The molecule has 1 aliphatic heterocycles. The summed E-state index contributed by atoms with van der Waals surface area (Å²) >= 11 is 1.44. The third-order valence-electron chi connectivity index (χ3n) is 2.52. The predicted molar refractivity (Wildman–Crippen MR) is 66.9 cm³/mol. The van der Waals surface area contributed by atoms with Crippen molar-refractivity contribution in [3.05, 3.63) is 35.2 Å². The fourth-order valence-electron chi connectivity index (χ4n) is 1.69. The highest BCUT2D eigenvalue weighted by molar-refractivity contribution is 7.03. The molecule has 3 rings (SSSR count). The topological polar surface area (TPSA) is 43.4 Å². The summed E-state index contributed by atoms with van der Waals surface area (Å²) in [5.74, 6) is 2.56. The SMILES string of the molecule is c1cc(NCc2ccc3c(c2)OCCO3)ns1. The Morgan fingerprint density at radius 2 is 2.06 bits per heavy atom. The Bertz CT molecular complexity index is 499. The number of nitrogens with zero attached hydrogens (tertiary/aromatic N) is 1. The summed E-state index contributed by atoms with van der Waals surface area (Å²) in [6.45, 7) is 1.99.